The van der Waals surface area contributed by atoms with Crippen molar-refractivity contribution in [3.8, 4) is 17.2 Å². The van der Waals surface area contributed by atoms with E-state index in [-0.39, 0.29) is 5.91 Å². The molecule has 0 bridgehead atoms. The second-order valence-corrected chi connectivity index (χ2v) is 4.88. The van der Waals surface area contributed by atoms with Crippen molar-refractivity contribution < 1.29 is 19.0 Å². The van der Waals surface area contributed by atoms with E-state index in [4.69, 9.17) is 14.2 Å². The summed E-state index contributed by atoms with van der Waals surface area (Å²) in [7, 11) is 3.17. The molecule has 5 heteroatoms. The second-order valence-electron chi connectivity index (χ2n) is 4.88. The number of benzene rings is 2. The van der Waals surface area contributed by atoms with Gasteiger partial charge in [-0.1, -0.05) is 19.1 Å². The molecule has 1 atom stereocenters. The van der Waals surface area contributed by atoms with Crippen LogP contribution in [0.25, 0.3) is 0 Å². The number of carbonyl (C=O) groups excluding carboxylic acids is 1. The van der Waals surface area contributed by atoms with Crippen LogP contribution >= 0.6 is 0 Å². The zero-order valence-electron chi connectivity index (χ0n) is 13.5. The highest BCUT2D eigenvalue weighted by Crippen LogP contribution is 2.27. The van der Waals surface area contributed by atoms with Crippen LogP contribution in [-0.2, 0) is 4.79 Å². The quantitative estimate of drug-likeness (QED) is 0.849. The molecule has 0 radical (unpaired) electrons. The lowest BCUT2D eigenvalue weighted by molar-refractivity contribution is -0.122. The number of nitrogens with one attached hydrogen (secondary N) is 1. The fourth-order valence-corrected chi connectivity index (χ4v) is 2.09. The van der Waals surface area contributed by atoms with E-state index in [2.05, 4.69) is 5.32 Å². The van der Waals surface area contributed by atoms with Crippen molar-refractivity contribution in [3.05, 3.63) is 48.5 Å². The third-order valence-corrected chi connectivity index (χ3v) is 3.36. The minimum absolute atomic E-state index is 0.205. The van der Waals surface area contributed by atoms with Gasteiger partial charge in [-0.3, -0.25) is 4.79 Å². The maximum atomic E-state index is 12.4. The number of methoxy groups -OCH3 is 2. The monoisotopic (exact) mass is 315 g/mol. The molecule has 0 spiro atoms. The molecule has 0 saturated heterocycles. The van der Waals surface area contributed by atoms with Crippen LogP contribution in [-0.4, -0.2) is 26.2 Å². The average molecular weight is 315 g/mol. The largest absolute Gasteiger partial charge is 0.497 e. The number of amides is 1. The first-order valence-corrected chi connectivity index (χ1v) is 7.42. The first kappa shape index (κ1) is 16.7. The van der Waals surface area contributed by atoms with Gasteiger partial charge in [-0.25, -0.2) is 0 Å². The van der Waals surface area contributed by atoms with E-state index in [1.54, 1.807) is 50.6 Å². The van der Waals surface area contributed by atoms with Gasteiger partial charge in [-0.05, 0) is 42.8 Å². The highest BCUT2D eigenvalue weighted by Gasteiger charge is 2.20. The molecule has 0 saturated carbocycles. The molecule has 0 unspecified atom stereocenters. The standard InChI is InChI=1S/C18H21NO4/c1-4-15(23-17-8-6-5-7-16(17)22-3)18(20)19-13-9-11-14(21-2)12-10-13/h5-12,15H,4H2,1-3H3,(H,19,20)/t15-/m0/s1. The van der Waals surface area contributed by atoms with Crippen LogP contribution in [0.3, 0.4) is 0 Å². The van der Waals surface area contributed by atoms with Gasteiger partial charge < -0.3 is 19.5 Å². The number of ether oxygens (including phenoxy) is 3. The molecule has 0 heterocycles. The zero-order chi connectivity index (χ0) is 16.7. The summed E-state index contributed by atoms with van der Waals surface area (Å²) in [6, 6.07) is 14.4. The number of carbonyl (C=O) groups is 1. The maximum Gasteiger partial charge on any atom is 0.265 e. The number of anilines is 1. The van der Waals surface area contributed by atoms with Gasteiger partial charge in [0.25, 0.3) is 5.91 Å². The highest BCUT2D eigenvalue weighted by molar-refractivity contribution is 5.94. The summed E-state index contributed by atoms with van der Waals surface area (Å²) in [5.74, 6) is 1.68. The average Bonchev–Trinajstić information content (AvgIpc) is 2.60. The Morgan fingerprint density at radius 1 is 1.00 bits per heavy atom. The van der Waals surface area contributed by atoms with Crippen LogP contribution in [0.4, 0.5) is 5.69 Å². The van der Waals surface area contributed by atoms with Gasteiger partial charge in [-0.15, -0.1) is 0 Å². The van der Waals surface area contributed by atoms with E-state index in [1.165, 1.54) is 0 Å². The second kappa shape index (κ2) is 8.08. The molecule has 2 aromatic carbocycles. The Kier molecular flexibility index (Phi) is 5.86. The van der Waals surface area contributed by atoms with Crippen LogP contribution in [0.15, 0.2) is 48.5 Å². The third-order valence-electron chi connectivity index (χ3n) is 3.36. The van der Waals surface area contributed by atoms with Crippen molar-refractivity contribution in [2.24, 2.45) is 0 Å². The molecule has 23 heavy (non-hydrogen) atoms. The molecule has 0 aliphatic rings. The molecule has 0 aromatic heterocycles. The fraction of sp³-hybridized carbons (Fsp3) is 0.278. The third kappa shape index (κ3) is 4.39. The summed E-state index contributed by atoms with van der Waals surface area (Å²) in [6.07, 6.45) is -0.0616. The van der Waals surface area contributed by atoms with Crippen molar-refractivity contribution in [1.29, 1.82) is 0 Å². The zero-order valence-corrected chi connectivity index (χ0v) is 13.5. The van der Waals surface area contributed by atoms with Crippen molar-refractivity contribution in [2.45, 2.75) is 19.4 Å². The Balaban J connectivity index is 2.05. The first-order chi connectivity index (χ1) is 11.2. The van der Waals surface area contributed by atoms with Gasteiger partial charge >= 0.3 is 0 Å². The van der Waals surface area contributed by atoms with Gasteiger partial charge in [0.15, 0.2) is 17.6 Å². The fourth-order valence-electron chi connectivity index (χ4n) is 2.09. The lowest BCUT2D eigenvalue weighted by Crippen LogP contribution is -2.32. The topological polar surface area (TPSA) is 56.8 Å². The Bertz CT molecular complexity index is 640. The summed E-state index contributed by atoms with van der Waals surface area (Å²) in [5.41, 5.74) is 0.692. The number of hydrogen-bond donors (Lipinski definition) is 1. The summed E-state index contributed by atoms with van der Waals surface area (Å²) in [5, 5.41) is 2.84. The SMILES string of the molecule is CC[C@H](Oc1ccccc1OC)C(=O)Nc1ccc(OC)cc1. The Morgan fingerprint density at radius 2 is 1.65 bits per heavy atom. The number of rotatable bonds is 7. The smallest absolute Gasteiger partial charge is 0.265 e. The predicted molar refractivity (Wildman–Crippen MR) is 89.3 cm³/mol. The Morgan fingerprint density at radius 3 is 2.22 bits per heavy atom. The van der Waals surface area contributed by atoms with Gasteiger partial charge in [0.2, 0.25) is 0 Å². The van der Waals surface area contributed by atoms with E-state index in [0.29, 0.717) is 23.6 Å². The molecular formula is C18H21NO4. The lowest BCUT2D eigenvalue weighted by atomic mass is 10.2. The summed E-state index contributed by atoms with van der Waals surface area (Å²) < 4.78 is 16.1. The van der Waals surface area contributed by atoms with Crippen molar-refractivity contribution in [3.63, 3.8) is 0 Å². The van der Waals surface area contributed by atoms with Crippen LogP contribution in [0.5, 0.6) is 17.2 Å². The van der Waals surface area contributed by atoms with E-state index in [1.807, 2.05) is 19.1 Å². The van der Waals surface area contributed by atoms with Crippen LogP contribution < -0.4 is 19.5 Å². The van der Waals surface area contributed by atoms with Crippen LogP contribution in [0.1, 0.15) is 13.3 Å². The van der Waals surface area contributed by atoms with E-state index >= 15 is 0 Å². The Hall–Kier alpha value is -2.69. The molecule has 2 rings (SSSR count). The number of para-hydroxylation sites is 2. The van der Waals surface area contributed by atoms with Gasteiger partial charge in [-0.2, -0.15) is 0 Å². The van der Waals surface area contributed by atoms with Gasteiger partial charge in [0, 0.05) is 5.69 Å². The maximum absolute atomic E-state index is 12.4. The molecule has 0 aliphatic heterocycles. The summed E-state index contributed by atoms with van der Waals surface area (Å²) in [4.78, 5) is 12.4. The molecule has 0 fully saturated rings. The molecule has 2 aromatic rings. The molecule has 0 aliphatic carbocycles. The lowest BCUT2D eigenvalue weighted by Gasteiger charge is -2.19. The van der Waals surface area contributed by atoms with Crippen molar-refractivity contribution >= 4 is 11.6 Å². The van der Waals surface area contributed by atoms with Crippen LogP contribution in [0, 0.1) is 0 Å². The predicted octanol–water partition coefficient (Wildman–Crippen LogP) is 3.50. The van der Waals surface area contributed by atoms with E-state index in [9.17, 15) is 4.79 Å². The molecule has 122 valence electrons. The Labute approximate surface area is 136 Å². The number of hydrogen-bond acceptors (Lipinski definition) is 4. The molecule has 1 N–H and O–H groups in total. The minimum Gasteiger partial charge on any atom is -0.497 e. The van der Waals surface area contributed by atoms with E-state index in [0.717, 1.165) is 5.75 Å². The molecular weight excluding hydrogens is 294 g/mol. The normalized spacial score (nSPS) is 11.4. The van der Waals surface area contributed by atoms with Crippen molar-refractivity contribution in [2.75, 3.05) is 19.5 Å². The highest BCUT2D eigenvalue weighted by atomic mass is 16.5. The minimum atomic E-state index is -0.603. The first-order valence-electron chi connectivity index (χ1n) is 7.42. The van der Waals surface area contributed by atoms with Gasteiger partial charge in [0.05, 0.1) is 14.2 Å². The summed E-state index contributed by atoms with van der Waals surface area (Å²) >= 11 is 0. The van der Waals surface area contributed by atoms with Gasteiger partial charge in [0.1, 0.15) is 5.75 Å². The van der Waals surface area contributed by atoms with E-state index < -0.39 is 6.10 Å². The molecule has 5 nitrogen and oxygen atoms in total. The van der Waals surface area contributed by atoms with Crippen LogP contribution in [0.2, 0.25) is 0 Å². The molecule has 1 amide bonds. The summed E-state index contributed by atoms with van der Waals surface area (Å²) in [6.45, 7) is 1.90. The van der Waals surface area contributed by atoms with Crippen molar-refractivity contribution in [1.82, 2.24) is 0 Å².